The van der Waals surface area contributed by atoms with Gasteiger partial charge in [-0.15, -0.1) is 0 Å². The fraction of sp³-hybridized carbons (Fsp3) is 0.455. The van der Waals surface area contributed by atoms with Gasteiger partial charge < -0.3 is 5.73 Å². The first-order valence-corrected chi connectivity index (χ1v) is 5.95. The van der Waals surface area contributed by atoms with Crippen LogP contribution in [0.25, 0.3) is 0 Å². The third-order valence-corrected chi connectivity index (χ3v) is 3.01. The average Bonchev–Trinajstić information content (AvgIpc) is 2.18. The summed E-state index contributed by atoms with van der Waals surface area (Å²) in [5, 5.41) is 0. The Balaban J connectivity index is 2.75. The van der Waals surface area contributed by atoms with Gasteiger partial charge in [0.05, 0.1) is 0 Å². The van der Waals surface area contributed by atoms with Gasteiger partial charge in [-0.1, -0.05) is 31.2 Å². The Morgan fingerprint density at radius 2 is 2.23 bits per heavy atom. The SMILES string of the molecule is CSCC(C)c1cccc(CN)c1. The van der Waals surface area contributed by atoms with E-state index in [1.165, 1.54) is 16.9 Å². The van der Waals surface area contributed by atoms with E-state index >= 15 is 0 Å². The van der Waals surface area contributed by atoms with E-state index in [9.17, 15) is 0 Å². The zero-order chi connectivity index (χ0) is 9.68. The van der Waals surface area contributed by atoms with Crippen LogP contribution in [-0.2, 0) is 6.54 Å². The van der Waals surface area contributed by atoms with Crippen molar-refractivity contribution in [2.24, 2.45) is 5.73 Å². The maximum atomic E-state index is 5.59. The minimum absolute atomic E-state index is 0.626. The summed E-state index contributed by atoms with van der Waals surface area (Å²) in [5.41, 5.74) is 8.22. The normalized spacial score (nSPS) is 12.8. The van der Waals surface area contributed by atoms with Crippen molar-refractivity contribution in [3.8, 4) is 0 Å². The van der Waals surface area contributed by atoms with Gasteiger partial charge in [0.25, 0.3) is 0 Å². The summed E-state index contributed by atoms with van der Waals surface area (Å²) in [6.45, 7) is 2.89. The van der Waals surface area contributed by atoms with Crippen LogP contribution in [0.1, 0.15) is 24.0 Å². The Hall–Kier alpha value is -0.470. The van der Waals surface area contributed by atoms with Crippen LogP contribution in [0.15, 0.2) is 24.3 Å². The second-order valence-corrected chi connectivity index (χ2v) is 4.22. The van der Waals surface area contributed by atoms with Crippen LogP contribution in [0.4, 0.5) is 0 Å². The molecular weight excluding hydrogens is 178 g/mol. The Morgan fingerprint density at radius 3 is 2.85 bits per heavy atom. The molecule has 1 atom stereocenters. The van der Waals surface area contributed by atoms with Crippen LogP contribution in [0, 0.1) is 0 Å². The van der Waals surface area contributed by atoms with Gasteiger partial charge in [0, 0.05) is 6.54 Å². The molecule has 0 heterocycles. The van der Waals surface area contributed by atoms with E-state index < -0.39 is 0 Å². The zero-order valence-corrected chi connectivity index (χ0v) is 9.10. The van der Waals surface area contributed by atoms with Gasteiger partial charge in [-0.2, -0.15) is 11.8 Å². The quantitative estimate of drug-likeness (QED) is 0.799. The van der Waals surface area contributed by atoms with Crippen molar-refractivity contribution in [3.05, 3.63) is 35.4 Å². The van der Waals surface area contributed by atoms with Crippen LogP contribution in [0.3, 0.4) is 0 Å². The topological polar surface area (TPSA) is 26.0 Å². The lowest BCUT2D eigenvalue weighted by atomic mass is 10.0. The lowest BCUT2D eigenvalue weighted by molar-refractivity contribution is 0.876. The van der Waals surface area contributed by atoms with Crippen LogP contribution < -0.4 is 5.73 Å². The highest BCUT2D eigenvalue weighted by Gasteiger charge is 2.04. The van der Waals surface area contributed by atoms with E-state index in [1.807, 2.05) is 11.8 Å². The summed E-state index contributed by atoms with van der Waals surface area (Å²) < 4.78 is 0. The molecule has 1 nitrogen and oxygen atoms in total. The van der Waals surface area contributed by atoms with Gasteiger partial charge in [-0.25, -0.2) is 0 Å². The molecule has 2 heteroatoms. The average molecular weight is 195 g/mol. The molecule has 0 saturated heterocycles. The third-order valence-electron chi connectivity index (χ3n) is 2.17. The van der Waals surface area contributed by atoms with Crippen molar-refractivity contribution in [2.45, 2.75) is 19.4 Å². The van der Waals surface area contributed by atoms with E-state index in [2.05, 4.69) is 37.4 Å². The fourth-order valence-corrected chi connectivity index (χ4v) is 2.07. The second-order valence-electron chi connectivity index (χ2n) is 3.31. The molecule has 1 rings (SSSR count). The first-order valence-electron chi connectivity index (χ1n) is 4.55. The first kappa shape index (κ1) is 10.6. The van der Waals surface area contributed by atoms with E-state index in [0.29, 0.717) is 12.5 Å². The molecule has 0 fully saturated rings. The predicted octanol–water partition coefficient (Wildman–Crippen LogP) is 2.61. The molecule has 0 aliphatic heterocycles. The smallest absolute Gasteiger partial charge is 0.0178 e. The number of rotatable bonds is 4. The number of nitrogens with two attached hydrogens (primary N) is 1. The van der Waals surface area contributed by atoms with Crippen LogP contribution in [0.2, 0.25) is 0 Å². The second kappa shape index (κ2) is 5.30. The molecule has 0 spiro atoms. The molecule has 2 N–H and O–H groups in total. The molecule has 0 radical (unpaired) electrons. The van der Waals surface area contributed by atoms with Crippen molar-refractivity contribution < 1.29 is 0 Å². The standard InChI is InChI=1S/C11H17NS/c1-9(8-13-2)11-5-3-4-10(6-11)7-12/h3-6,9H,7-8,12H2,1-2H3. The van der Waals surface area contributed by atoms with Gasteiger partial charge >= 0.3 is 0 Å². The number of benzene rings is 1. The molecule has 13 heavy (non-hydrogen) atoms. The summed E-state index contributed by atoms with van der Waals surface area (Å²) in [6, 6.07) is 8.56. The summed E-state index contributed by atoms with van der Waals surface area (Å²) in [6.07, 6.45) is 2.14. The minimum atomic E-state index is 0.626. The first-order chi connectivity index (χ1) is 6.27. The molecule has 0 aliphatic rings. The minimum Gasteiger partial charge on any atom is -0.326 e. The lowest BCUT2D eigenvalue weighted by Crippen LogP contribution is -2.00. The van der Waals surface area contributed by atoms with E-state index in [-0.39, 0.29) is 0 Å². The Kier molecular flexibility index (Phi) is 4.33. The van der Waals surface area contributed by atoms with Crippen molar-refractivity contribution in [3.63, 3.8) is 0 Å². The molecular formula is C11H17NS. The van der Waals surface area contributed by atoms with Gasteiger partial charge in [0.2, 0.25) is 0 Å². The van der Waals surface area contributed by atoms with Crippen molar-refractivity contribution >= 4 is 11.8 Å². The number of hydrogen-bond acceptors (Lipinski definition) is 2. The highest BCUT2D eigenvalue weighted by atomic mass is 32.2. The molecule has 1 aromatic rings. The summed E-state index contributed by atoms with van der Waals surface area (Å²) in [4.78, 5) is 0. The fourth-order valence-electron chi connectivity index (χ4n) is 1.37. The Bertz CT molecular complexity index is 260. The van der Waals surface area contributed by atoms with Gasteiger partial charge in [0.15, 0.2) is 0 Å². The molecule has 0 aliphatic carbocycles. The molecule has 1 aromatic carbocycles. The molecule has 0 aromatic heterocycles. The van der Waals surface area contributed by atoms with E-state index in [1.54, 1.807) is 0 Å². The Morgan fingerprint density at radius 1 is 1.46 bits per heavy atom. The van der Waals surface area contributed by atoms with Gasteiger partial charge in [-0.3, -0.25) is 0 Å². The van der Waals surface area contributed by atoms with Crippen LogP contribution in [0.5, 0.6) is 0 Å². The highest BCUT2D eigenvalue weighted by molar-refractivity contribution is 7.98. The summed E-state index contributed by atoms with van der Waals surface area (Å²) >= 11 is 1.89. The van der Waals surface area contributed by atoms with Crippen LogP contribution >= 0.6 is 11.8 Å². The van der Waals surface area contributed by atoms with Crippen molar-refractivity contribution in [1.29, 1.82) is 0 Å². The summed E-state index contributed by atoms with van der Waals surface area (Å²) in [7, 11) is 0. The van der Waals surface area contributed by atoms with E-state index in [0.717, 1.165) is 0 Å². The third kappa shape index (κ3) is 3.05. The molecule has 0 bridgehead atoms. The van der Waals surface area contributed by atoms with Crippen LogP contribution in [-0.4, -0.2) is 12.0 Å². The maximum Gasteiger partial charge on any atom is 0.0178 e. The molecule has 72 valence electrons. The lowest BCUT2D eigenvalue weighted by Gasteiger charge is -2.10. The van der Waals surface area contributed by atoms with Gasteiger partial charge in [0.1, 0.15) is 0 Å². The highest BCUT2D eigenvalue weighted by Crippen LogP contribution is 2.19. The monoisotopic (exact) mass is 195 g/mol. The predicted molar refractivity (Wildman–Crippen MR) is 61.1 cm³/mol. The molecule has 1 unspecified atom stereocenters. The van der Waals surface area contributed by atoms with Crippen molar-refractivity contribution in [2.75, 3.05) is 12.0 Å². The van der Waals surface area contributed by atoms with Crippen molar-refractivity contribution in [1.82, 2.24) is 0 Å². The summed E-state index contributed by atoms with van der Waals surface area (Å²) in [5.74, 6) is 1.80. The molecule has 0 amide bonds. The largest absolute Gasteiger partial charge is 0.326 e. The maximum absolute atomic E-state index is 5.59. The molecule has 0 saturated carbocycles. The van der Waals surface area contributed by atoms with E-state index in [4.69, 9.17) is 5.73 Å². The Labute approximate surface area is 84.7 Å². The van der Waals surface area contributed by atoms with Gasteiger partial charge in [-0.05, 0) is 29.1 Å². The number of thioether (sulfide) groups is 1. The number of hydrogen-bond donors (Lipinski definition) is 1. The zero-order valence-electron chi connectivity index (χ0n) is 8.29.